The molecule has 2 N–H and O–H groups in total. The number of carbonyl (C=O) groups excluding carboxylic acids is 1. The van der Waals surface area contributed by atoms with Gasteiger partial charge >= 0.3 is 0 Å². The number of thiazole rings is 1. The van der Waals surface area contributed by atoms with Gasteiger partial charge in [-0.3, -0.25) is 4.79 Å². The van der Waals surface area contributed by atoms with Crippen molar-refractivity contribution < 1.29 is 4.79 Å². The summed E-state index contributed by atoms with van der Waals surface area (Å²) in [4.78, 5) is 20.2. The van der Waals surface area contributed by atoms with E-state index in [4.69, 9.17) is 5.73 Å². The first kappa shape index (κ1) is 15.4. The van der Waals surface area contributed by atoms with E-state index >= 15 is 0 Å². The summed E-state index contributed by atoms with van der Waals surface area (Å²) in [7, 11) is 1.90. The Labute approximate surface area is 125 Å². The molecule has 2 rings (SSSR count). The van der Waals surface area contributed by atoms with E-state index in [0.29, 0.717) is 0 Å². The Morgan fingerprint density at radius 2 is 2.25 bits per heavy atom. The maximum Gasteiger partial charge on any atom is 0.226 e. The molecule has 1 aromatic rings. The first-order chi connectivity index (χ1) is 9.43. The highest BCUT2D eigenvalue weighted by molar-refractivity contribution is 7.11. The Bertz CT molecular complexity index is 485. The summed E-state index contributed by atoms with van der Waals surface area (Å²) < 4.78 is 0. The summed E-state index contributed by atoms with van der Waals surface area (Å²) in [6.45, 7) is 6.24. The van der Waals surface area contributed by atoms with Gasteiger partial charge in [0.1, 0.15) is 0 Å². The van der Waals surface area contributed by atoms with Crippen molar-refractivity contribution in [2.45, 2.75) is 58.5 Å². The molecule has 0 spiro atoms. The second kappa shape index (κ2) is 6.22. The first-order valence-electron chi connectivity index (χ1n) is 7.42. The minimum Gasteiger partial charge on any atom is -0.338 e. The lowest BCUT2D eigenvalue weighted by atomic mass is 10.1. The summed E-state index contributed by atoms with van der Waals surface area (Å²) in [5.41, 5.74) is 6.97. The number of aromatic nitrogens is 1. The van der Waals surface area contributed by atoms with Gasteiger partial charge in [0.25, 0.3) is 0 Å². The summed E-state index contributed by atoms with van der Waals surface area (Å²) in [6.07, 6.45) is 3.68. The minimum atomic E-state index is 0.0946. The quantitative estimate of drug-likeness (QED) is 0.929. The van der Waals surface area contributed by atoms with Crippen molar-refractivity contribution in [1.82, 2.24) is 9.88 Å². The van der Waals surface area contributed by atoms with Gasteiger partial charge in [-0.05, 0) is 39.5 Å². The number of rotatable bonds is 4. The molecule has 0 saturated heterocycles. The molecule has 3 unspecified atom stereocenters. The van der Waals surface area contributed by atoms with E-state index in [9.17, 15) is 4.79 Å². The van der Waals surface area contributed by atoms with Crippen LogP contribution in [0.15, 0.2) is 0 Å². The van der Waals surface area contributed by atoms with Crippen LogP contribution >= 0.6 is 11.3 Å². The number of amides is 1. The van der Waals surface area contributed by atoms with Crippen molar-refractivity contribution in [2.75, 3.05) is 7.05 Å². The first-order valence-corrected chi connectivity index (χ1v) is 8.24. The summed E-state index contributed by atoms with van der Waals surface area (Å²) >= 11 is 1.73. The molecule has 20 heavy (non-hydrogen) atoms. The molecule has 0 bridgehead atoms. The molecule has 1 heterocycles. The fourth-order valence-electron chi connectivity index (χ4n) is 2.90. The standard InChI is InChI=1S/C15H25N3OS/c1-5-13-17-9(2)14(20-13)10(3)18(4)15(19)11-6-7-12(16)8-11/h10-12H,5-8,16H2,1-4H3. The molecule has 0 radical (unpaired) electrons. The van der Waals surface area contributed by atoms with Crippen molar-refractivity contribution in [2.24, 2.45) is 11.7 Å². The van der Waals surface area contributed by atoms with Crippen molar-refractivity contribution in [1.29, 1.82) is 0 Å². The molecule has 112 valence electrons. The highest BCUT2D eigenvalue weighted by atomic mass is 32.1. The number of aryl methyl sites for hydroxylation is 2. The van der Waals surface area contributed by atoms with Crippen LogP contribution in [0.4, 0.5) is 0 Å². The van der Waals surface area contributed by atoms with Crippen LogP contribution in [0.5, 0.6) is 0 Å². The van der Waals surface area contributed by atoms with Crippen LogP contribution in [0.25, 0.3) is 0 Å². The van der Waals surface area contributed by atoms with E-state index in [-0.39, 0.29) is 23.9 Å². The van der Waals surface area contributed by atoms with Gasteiger partial charge in [-0.15, -0.1) is 11.3 Å². The molecule has 1 amide bonds. The third kappa shape index (κ3) is 3.04. The van der Waals surface area contributed by atoms with Crippen molar-refractivity contribution in [3.8, 4) is 0 Å². The highest BCUT2D eigenvalue weighted by Gasteiger charge is 2.32. The van der Waals surface area contributed by atoms with Crippen LogP contribution in [-0.2, 0) is 11.2 Å². The molecule has 1 aliphatic rings. The average Bonchev–Trinajstić information content (AvgIpc) is 3.02. The Morgan fingerprint density at radius 1 is 1.55 bits per heavy atom. The summed E-state index contributed by atoms with van der Waals surface area (Å²) in [5, 5.41) is 1.15. The lowest BCUT2D eigenvalue weighted by molar-refractivity contribution is -0.135. The molecule has 3 atom stereocenters. The van der Waals surface area contributed by atoms with Crippen LogP contribution in [0.1, 0.15) is 54.7 Å². The number of carbonyl (C=O) groups is 1. The number of nitrogens with zero attached hydrogens (tertiary/aromatic N) is 2. The molecule has 1 saturated carbocycles. The van der Waals surface area contributed by atoms with E-state index in [1.165, 1.54) is 4.88 Å². The Morgan fingerprint density at radius 3 is 2.75 bits per heavy atom. The van der Waals surface area contributed by atoms with Gasteiger partial charge in [-0.2, -0.15) is 0 Å². The van der Waals surface area contributed by atoms with Crippen LogP contribution in [0, 0.1) is 12.8 Å². The second-order valence-electron chi connectivity index (χ2n) is 5.81. The third-order valence-corrected chi connectivity index (χ3v) is 5.78. The monoisotopic (exact) mass is 295 g/mol. The Balaban J connectivity index is 2.09. The van der Waals surface area contributed by atoms with Crippen molar-refractivity contribution in [3.63, 3.8) is 0 Å². The van der Waals surface area contributed by atoms with Gasteiger partial charge in [-0.25, -0.2) is 4.98 Å². The zero-order chi connectivity index (χ0) is 14.9. The van der Waals surface area contributed by atoms with Gasteiger partial charge in [0.15, 0.2) is 0 Å². The molecule has 0 aliphatic heterocycles. The predicted molar refractivity (Wildman–Crippen MR) is 82.7 cm³/mol. The van der Waals surface area contributed by atoms with E-state index in [0.717, 1.165) is 36.4 Å². The molecule has 0 aromatic carbocycles. The second-order valence-corrected chi connectivity index (χ2v) is 6.92. The van der Waals surface area contributed by atoms with Crippen LogP contribution in [-0.4, -0.2) is 28.9 Å². The van der Waals surface area contributed by atoms with E-state index in [2.05, 4.69) is 18.8 Å². The van der Waals surface area contributed by atoms with Gasteiger partial charge < -0.3 is 10.6 Å². The fraction of sp³-hybridized carbons (Fsp3) is 0.733. The summed E-state index contributed by atoms with van der Waals surface area (Å²) in [5.74, 6) is 0.340. The van der Waals surface area contributed by atoms with E-state index in [1.54, 1.807) is 11.3 Å². The number of hydrogen-bond donors (Lipinski definition) is 1. The highest BCUT2D eigenvalue weighted by Crippen LogP contribution is 2.32. The summed E-state index contributed by atoms with van der Waals surface area (Å²) in [6, 6.07) is 0.293. The Hall–Kier alpha value is -0.940. The van der Waals surface area contributed by atoms with Gasteiger partial charge in [0.2, 0.25) is 5.91 Å². The van der Waals surface area contributed by atoms with Crippen LogP contribution < -0.4 is 5.73 Å². The normalized spacial score (nSPS) is 23.9. The average molecular weight is 295 g/mol. The SMILES string of the molecule is CCc1nc(C)c(C(C)N(C)C(=O)C2CCC(N)C2)s1. The lowest BCUT2D eigenvalue weighted by Crippen LogP contribution is -2.34. The molecule has 5 heteroatoms. The largest absolute Gasteiger partial charge is 0.338 e. The van der Waals surface area contributed by atoms with Gasteiger partial charge in [-0.1, -0.05) is 6.92 Å². The predicted octanol–water partition coefficient (Wildman–Crippen LogP) is 2.66. The molecule has 4 nitrogen and oxygen atoms in total. The maximum atomic E-state index is 12.5. The smallest absolute Gasteiger partial charge is 0.226 e. The zero-order valence-electron chi connectivity index (χ0n) is 12.8. The van der Waals surface area contributed by atoms with Crippen molar-refractivity contribution >= 4 is 17.2 Å². The lowest BCUT2D eigenvalue weighted by Gasteiger charge is -2.27. The van der Waals surface area contributed by atoms with E-state index < -0.39 is 0 Å². The van der Waals surface area contributed by atoms with Crippen LogP contribution in [0.3, 0.4) is 0 Å². The Kier molecular flexibility index (Phi) is 4.81. The number of nitrogens with two attached hydrogens (primary N) is 1. The van der Waals surface area contributed by atoms with E-state index in [1.807, 2.05) is 18.9 Å². The number of hydrogen-bond acceptors (Lipinski definition) is 4. The third-order valence-electron chi connectivity index (χ3n) is 4.31. The minimum absolute atomic E-state index is 0.0946. The fourth-order valence-corrected chi connectivity index (χ4v) is 4.00. The topological polar surface area (TPSA) is 59.2 Å². The zero-order valence-corrected chi connectivity index (χ0v) is 13.7. The molecule has 1 aliphatic carbocycles. The molecule has 1 fully saturated rings. The molecular formula is C15H25N3OS. The van der Waals surface area contributed by atoms with Gasteiger partial charge in [0, 0.05) is 23.9 Å². The molecule has 1 aromatic heterocycles. The van der Waals surface area contributed by atoms with Crippen molar-refractivity contribution in [3.05, 3.63) is 15.6 Å². The maximum absolute atomic E-state index is 12.5. The van der Waals surface area contributed by atoms with Gasteiger partial charge in [0.05, 0.1) is 16.7 Å². The van der Waals surface area contributed by atoms with Crippen LogP contribution in [0.2, 0.25) is 0 Å². The molecular weight excluding hydrogens is 270 g/mol.